The van der Waals surface area contributed by atoms with Crippen LogP contribution in [0, 0.1) is 0 Å². The number of piperidine rings is 1. The Morgan fingerprint density at radius 2 is 1.88 bits per heavy atom. The third-order valence-corrected chi connectivity index (χ3v) is 7.95. The number of hydrogen-bond donors (Lipinski definition) is 3. The predicted molar refractivity (Wildman–Crippen MR) is 165 cm³/mol. The molecule has 228 valence electrons. The first-order valence-electron chi connectivity index (χ1n) is 15.3. The highest BCUT2D eigenvalue weighted by Gasteiger charge is 2.27. The molecular formula is C32H41N7O4. The molecule has 4 heterocycles. The van der Waals surface area contributed by atoms with Gasteiger partial charge < -0.3 is 30.3 Å². The van der Waals surface area contributed by atoms with Crippen LogP contribution in [0.15, 0.2) is 48.8 Å². The van der Waals surface area contributed by atoms with Crippen LogP contribution in [-0.2, 0) is 33.7 Å². The number of aryl methyl sites for hydroxylation is 1. The van der Waals surface area contributed by atoms with E-state index in [1.165, 1.54) is 5.56 Å². The highest BCUT2D eigenvalue weighted by molar-refractivity contribution is 5.82. The monoisotopic (exact) mass is 587 g/mol. The number of anilines is 3. The number of rotatable bonds is 11. The zero-order chi connectivity index (χ0) is 30.0. The molecule has 0 radical (unpaired) electrons. The Kier molecular flexibility index (Phi) is 10.2. The quantitative estimate of drug-likeness (QED) is 0.277. The van der Waals surface area contributed by atoms with Gasteiger partial charge in [-0.3, -0.25) is 0 Å². The largest absolute Gasteiger partial charge is 0.464 e. The number of nitrogens with one attached hydrogen (secondary N) is 3. The molecule has 3 aromatic rings. The molecule has 2 aliphatic rings. The van der Waals surface area contributed by atoms with Gasteiger partial charge in [-0.1, -0.05) is 43.3 Å². The van der Waals surface area contributed by atoms with Gasteiger partial charge in [-0.2, -0.15) is 0 Å². The Morgan fingerprint density at radius 3 is 2.65 bits per heavy atom. The summed E-state index contributed by atoms with van der Waals surface area (Å²) in [5, 5.41) is 9.35. The van der Waals surface area contributed by atoms with Crippen molar-refractivity contribution in [1.82, 2.24) is 20.3 Å². The lowest BCUT2D eigenvalue weighted by Gasteiger charge is -2.34. The Morgan fingerprint density at radius 1 is 1.07 bits per heavy atom. The minimum Gasteiger partial charge on any atom is -0.464 e. The van der Waals surface area contributed by atoms with Crippen molar-refractivity contribution in [2.75, 3.05) is 48.3 Å². The number of nitrogens with zero attached hydrogens (tertiary/aromatic N) is 4. The predicted octanol–water partition coefficient (Wildman–Crippen LogP) is 4.45. The topological polar surface area (TPSA) is 131 Å². The van der Waals surface area contributed by atoms with E-state index in [0.717, 1.165) is 73.8 Å². The molecule has 3 N–H and O–H groups in total. The van der Waals surface area contributed by atoms with E-state index in [1.54, 1.807) is 13.3 Å². The van der Waals surface area contributed by atoms with E-state index >= 15 is 0 Å². The van der Waals surface area contributed by atoms with Crippen molar-refractivity contribution in [3.05, 3.63) is 71.2 Å². The molecule has 2 aromatic heterocycles. The van der Waals surface area contributed by atoms with Crippen molar-refractivity contribution in [3.63, 3.8) is 0 Å². The van der Waals surface area contributed by atoms with Crippen LogP contribution in [-0.4, -0.2) is 65.8 Å². The van der Waals surface area contributed by atoms with Gasteiger partial charge in [0.15, 0.2) is 0 Å². The average molecular weight is 588 g/mol. The molecule has 2 aliphatic heterocycles. The van der Waals surface area contributed by atoms with Crippen molar-refractivity contribution < 1.29 is 19.1 Å². The molecule has 0 bridgehead atoms. The number of carbonyl (C=O) groups excluding carboxylic acids is 2. The Hall–Kier alpha value is -4.41. The van der Waals surface area contributed by atoms with Crippen LogP contribution in [0.3, 0.4) is 0 Å². The standard InChI is InChI=1S/C32H41N7O4/c1-3-25-29(34-19-27(31(40)42-4-2)38-32(41)43-20-22-9-6-5-7-10-22)35-21-36-30(25)39-17-14-23(15-18-39)26-13-12-24-11-8-16-33-28(24)37-26/h5-7,9-10,12-13,21,23,27H,3-4,8,11,14-20H2,1-2H3,(H,33,37)(H,38,41)(H,34,35,36). The number of fused-ring (bicyclic) bond motifs is 1. The van der Waals surface area contributed by atoms with Gasteiger partial charge >= 0.3 is 12.1 Å². The lowest BCUT2D eigenvalue weighted by molar-refractivity contribution is -0.145. The molecule has 0 saturated carbocycles. The molecule has 1 amide bonds. The highest BCUT2D eigenvalue weighted by Crippen LogP contribution is 2.33. The summed E-state index contributed by atoms with van der Waals surface area (Å²) in [5.41, 5.74) is 4.29. The van der Waals surface area contributed by atoms with Crippen molar-refractivity contribution in [2.45, 2.75) is 64.5 Å². The van der Waals surface area contributed by atoms with Crippen LogP contribution in [0.25, 0.3) is 0 Å². The first-order valence-corrected chi connectivity index (χ1v) is 15.3. The number of pyridine rings is 1. The second-order valence-electron chi connectivity index (χ2n) is 10.8. The summed E-state index contributed by atoms with van der Waals surface area (Å²) in [4.78, 5) is 41.6. The van der Waals surface area contributed by atoms with Gasteiger partial charge in [-0.15, -0.1) is 0 Å². The number of aromatic nitrogens is 3. The number of hydrogen-bond acceptors (Lipinski definition) is 10. The lowest BCUT2D eigenvalue weighted by atomic mass is 9.92. The maximum Gasteiger partial charge on any atom is 0.408 e. The minimum atomic E-state index is -0.958. The van der Waals surface area contributed by atoms with Gasteiger partial charge in [-0.25, -0.2) is 24.5 Å². The third-order valence-electron chi connectivity index (χ3n) is 7.95. The average Bonchev–Trinajstić information content (AvgIpc) is 3.06. The molecular weight excluding hydrogens is 546 g/mol. The smallest absolute Gasteiger partial charge is 0.408 e. The van der Waals surface area contributed by atoms with Crippen LogP contribution in [0.2, 0.25) is 0 Å². The fourth-order valence-electron chi connectivity index (χ4n) is 5.65. The number of ether oxygens (including phenoxy) is 2. The fourth-order valence-corrected chi connectivity index (χ4v) is 5.65. The molecule has 1 aromatic carbocycles. The highest BCUT2D eigenvalue weighted by atomic mass is 16.6. The maximum absolute atomic E-state index is 12.7. The van der Waals surface area contributed by atoms with Gasteiger partial charge in [0.2, 0.25) is 0 Å². The Balaban J connectivity index is 1.21. The number of alkyl carbamates (subject to hydrolysis) is 1. The van der Waals surface area contributed by atoms with Gasteiger partial charge in [0, 0.05) is 43.4 Å². The van der Waals surface area contributed by atoms with E-state index in [1.807, 2.05) is 30.3 Å². The van der Waals surface area contributed by atoms with E-state index < -0.39 is 18.1 Å². The van der Waals surface area contributed by atoms with Crippen LogP contribution < -0.4 is 20.9 Å². The Bertz CT molecular complexity index is 1380. The van der Waals surface area contributed by atoms with E-state index in [2.05, 4.69) is 49.9 Å². The maximum atomic E-state index is 12.7. The van der Waals surface area contributed by atoms with Crippen molar-refractivity contribution in [3.8, 4) is 0 Å². The lowest BCUT2D eigenvalue weighted by Crippen LogP contribution is -2.46. The molecule has 0 spiro atoms. The Labute approximate surface area is 252 Å². The van der Waals surface area contributed by atoms with Crippen molar-refractivity contribution in [1.29, 1.82) is 0 Å². The first kappa shape index (κ1) is 30.1. The number of benzene rings is 1. The SMILES string of the molecule is CCOC(=O)C(CNc1ncnc(N2CCC(c3ccc4c(n3)NCCC4)CC2)c1CC)NC(=O)OCc1ccccc1. The molecule has 43 heavy (non-hydrogen) atoms. The van der Waals surface area contributed by atoms with Gasteiger partial charge in [0.05, 0.1) is 6.61 Å². The van der Waals surface area contributed by atoms with Crippen LogP contribution in [0.1, 0.15) is 61.4 Å². The summed E-state index contributed by atoms with van der Waals surface area (Å²) in [6, 6.07) is 12.8. The van der Waals surface area contributed by atoms with Crippen LogP contribution in [0.4, 0.5) is 22.2 Å². The van der Waals surface area contributed by atoms with E-state index in [0.29, 0.717) is 18.2 Å². The molecule has 1 saturated heterocycles. The summed E-state index contributed by atoms with van der Waals surface area (Å²) in [6.45, 7) is 6.88. The molecule has 1 atom stereocenters. The van der Waals surface area contributed by atoms with E-state index in [4.69, 9.17) is 14.5 Å². The van der Waals surface area contributed by atoms with Crippen LogP contribution in [0.5, 0.6) is 0 Å². The first-order chi connectivity index (χ1) is 21.1. The number of amides is 1. The fraction of sp³-hybridized carbons (Fsp3) is 0.469. The molecule has 0 aliphatic carbocycles. The number of esters is 1. The van der Waals surface area contributed by atoms with E-state index in [9.17, 15) is 9.59 Å². The van der Waals surface area contributed by atoms with Crippen molar-refractivity contribution >= 4 is 29.5 Å². The van der Waals surface area contributed by atoms with Gasteiger partial charge in [0.1, 0.15) is 36.4 Å². The summed E-state index contributed by atoms with van der Waals surface area (Å²) in [5.74, 6) is 2.43. The second kappa shape index (κ2) is 14.7. The zero-order valence-electron chi connectivity index (χ0n) is 25.0. The van der Waals surface area contributed by atoms with Gasteiger partial charge in [0.25, 0.3) is 0 Å². The summed E-state index contributed by atoms with van der Waals surface area (Å²) in [7, 11) is 0. The van der Waals surface area contributed by atoms with Crippen molar-refractivity contribution in [2.24, 2.45) is 0 Å². The summed E-state index contributed by atoms with van der Waals surface area (Å²) >= 11 is 0. The normalized spacial score (nSPS) is 15.5. The minimum absolute atomic E-state index is 0.0861. The zero-order valence-corrected chi connectivity index (χ0v) is 25.0. The molecule has 1 unspecified atom stereocenters. The van der Waals surface area contributed by atoms with Gasteiger partial charge in [-0.05, 0) is 56.2 Å². The summed E-state index contributed by atoms with van der Waals surface area (Å²) in [6.07, 6.45) is 5.77. The second-order valence-corrected chi connectivity index (χ2v) is 10.8. The molecule has 1 fully saturated rings. The summed E-state index contributed by atoms with van der Waals surface area (Å²) < 4.78 is 10.5. The molecule has 5 rings (SSSR count). The van der Waals surface area contributed by atoms with E-state index in [-0.39, 0.29) is 19.8 Å². The molecule has 11 heteroatoms. The molecule has 11 nitrogen and oxygen atoms in total. The number of carbonyl (C=O) groups is 2. The van der Waals surface area contributed by atoms with Crippen LogP contribution >= 0.6 is 0 Å². The third kappa shape index (κ3) is 7.71.